The number of rotatable bonds is 8. The number of nitrogens with one attached hydrogen (secondary N) is 1. The van der Waals surface area contributed by atoms with E-state index in [1.165, 1.54) is 17.0 Å². The van der Waals surface area contributed by atoms with Gasteiger partial charge in [-0.1, -0.05) is 50.1 Å². The minimum Gasteiger partial charge on any atom is -0.351 e. The third-order valence-corrected chi connectivity index (χ3v) is 5.57. The second-order valence-electron chi connectivity index (χ2n) is 7.49. The average molecular weight is 382 g/mol. The summed E-state index contributed by atoms with van der Waals surface area (Å²) in [5.74, 6) is -0.653. The van der Waals surface area contributed by atoms with Crippen molar-refractivity contribution < 1.29 is 14.0 Å². The zero-order chi connectivity index (χ0) is 20.1. The minimum absolute atomic E-state index is 0.00176. The molecule has 2 aromatic carbocycles. The summed E-state index contributed by atoms with van der Waals surface area (Å²) in [4.78, 5) is 27.2. The number of nitrogens with zero attached hydrogens (tertiary/aromatic N) is 1. The Morgan fingerprint density at radius 3 is 2.79 bits per heavy atom. The molecule has 28 heavy (non-hydrogen) atoms. The molecule has 3 rings (SSSR count). The number of hydrogen-bond acceptors (Lipinski definition) is 2. The zero-order valence-electron chi connectivity index (χ0n) is 16.5. The Hall–Kier alpha value is -2.69. The number of anilines is 1. The molecular formula is C23H27FN2O2. The molecule has 1 aliphatic carbocycles. The molecule has 5 heteroatoms. The van der Waals surface area contributed by atoms with Crippen molar-refractivity contribution in [1.29, 1.82) is 0 Å². The molecule has 0 saturated carbocycles. The van der Waals surface area contributed by atoms with Crippen LogP contribution in [0.2, 0.25) is 0 Å². The molecule has 0 fully saturated rings. The normalized spacial score (nSPS) is 19.0. The van der Waals surface area contributed by atoms with Gasteiger partial charge in [-0.15, -0.1) is 0 Å². The molecule has 0 spiro atoms. The molecule has 0 saturated heterocycles. The molecule has 0 heterocycles. The van der Waals surface area contributed by atoms with E-state index < -0.39 is 11.4 Å². The standard InChI is InChI=1S/C23H27FN2O2/c1-3-4-8-17(2)25-22(28)23(14-13-18-9-5-6-12-21(18)23)26(16-27)20-11-7-10-19(24)15-20/h5-7,9-12,15-17H,3-4,8,13-14H2,1-2H3,(H,25,28)/t17?,23-/m1/s1. The lowest BCUT2D eigenvalue weighted by Gasteiger charge is -2.39. The van der Waals surface area contributed by atoms with Crippen molar-refractivity contribution in [3.05, 3.63) is 65.5 Å². The molecule has 4 nitrogen and oxygen atoms in total. The van der Waals surface area contributed by atoms with Gasteiger partial charge in [0.15, 0.2) is 5.54 Å². The number of halogens is 1. The molecule has 0 aliphatic heterocycles. The maximum absolute atomic E-state index is 13.9. The van der Waals surface area contributed by atoms with Gasteiger partial charge in [-0.05, 0) is 55.5 Å². The van der Waals surface area contributed by atoms with E-state index in [0.717, 1.165) is 30.4 Å². The first kappa shape index (κ1) is 20.1. The van der Waals surface area contributed by atoms with Gasteiger partial charge < -0.3 is 5.32 Å². The molecule has 1 aliphatic rings. The number of amides is 2. The van der Waals surface area contributed by atoms with E-state index in [1.807, 2.05) is 31.2 Å². The van der Waals surface area contributed by atoms with Gasteiger partial charge in [0.05, 0.1) is 0 Å². The fourth-order valence-corrected chi connectivity index (χ4v) is 4.11. The van der Waals surface area contributed by atoms with E-state index in [9.17, 15) is 14.0 Å². The van der Waals surface area contributed by atoms with Crippen LogP contribution < -0.4 is 10.2 Å². The molecule has 2 amide bonds. The number of fused-ring (bicyclic) bond motifs is 1. The summed E-state index contributed by atoms with van der Waals surface area (Å²) < 4.78 is 13.9. The van der Waals surface area contributed by atoms with Crippen molar-refractivity contribution in [3.63, 3.8) is 0 Å². The van der Waals surface area contributed by atoms with Gasteiger partial charge in [0, 0.05) is 11.7 Å². The maximum atomic E-state index is 13.9. The molecule has 2 atom stereocenters. The number of unbranched alkanes of at least 4 members (excludes halogenated alkanes) is 1. The lowest BCUT2D eigenvalue weighted by molar-refractivity contribution is -0.129. The number of carbonyl (C=O) groups is 2. The van der Waals surface area contributed by atoms with Crippen molar-refractivity contribution in [2.75, 3.05) is 4.90 Å². The Labute approximate surface area is 165 Å². The highest BCUT2D eigenvalue weighted by Gasteiger charge is 2.50. The monoisotopic (exact) mass is 382 g/mol. The van der Waals surface area contributed by atoms with Crippen LogP contribution in [0.15, 0.2) is 48.5 Å². The predicted molar refractivity (Wildman–Crippen MR) is 109 cm³/mol. The first-order valence-corrected chi connectivity index (χ1v) is 9.92. The van der Waals surface area contributed by atoms with Gasteiger partial charge in [-0.2, -0.15) is 0 Å². The Bertz CT molecular complexity index is 854. The van der Waals surface area contributed by atoms with Gasteiger partial charge >= 0.3 is 0 Å². The van der Waals surface area contributed by atoms with Crippen LogP contribution in [0.25, 0.3) is 0 Å². The molecule has 2 aromatic rings. The molecule has 1 unspecified atom stereocenters. The number of hydrogen-bond donors (Lipinski definition) is 1. The van der Waals surface area contributed by atoms with Crippen molar-refractivity contribution in [2.24, 2.45) is 0 Å². The Morgan fingerprint density at radius 1 is 1.29 bits per heavy atom. The third-order valence-electron chi connectivity index (χ3n) is 5.57. The van der Waals surface area contributed by atoms with Crippen LogP contribution in [-0.2, 0) is 21.5 Å². The summed E-state index contributed by atoms with van der Waals surface area (Å²) in [5.41, 5.74) is 1.06. The summed E-state index contributed by atoms with van der Waals surface area (Å²) in [6.07, 6.45) is 4.75. The average Bonchev–Trinajstić information content (AvgIpc) is 3.08. The first-order valence-electron chi connectivity index (χ1n) is 9.92. The molecule has 1 N–H and O–H groups in total. The van der Waals surface area contributed by atoms with Gasteiger partial charge in [0.25, 0.3) is 5.91 Å². The van der Waals surface area contributed by atoms with Gasteiger partial charge in [-0.25, -0.2) is 4.39 Å². The summed E-state index contributed by atoms with van der Waals surface area (Å²) >= 11 is 0. The SMILES string of the molecule is CCCCC(C)NC(=O)[C@@]1(N(C=O)c2cccc(F)c2)CCc2ccccc21. The summed E-state index contributed by atoms with van der Waals surface area (Å²) in [7, 11) is 0. The smallest absolute Gasteiger partial charge is 0.251 e. The second-order valence-corrected chi connectivity index (χ2v) is 7.49. The van der Waals surface area contributed by atoms with Crippen LogP contribution in [0.3, 0.4) is 0 Å². The van der Waals surface area contributed by atoms with E-state index in [2.05, 4.69) is 12.2 Å². The van der Waals surface area contributed by atoms with Gasteiger partial charge in [0.2, 0.25) is 6.41 Å². The number of benzene rings is 2. The minimum atomic E-state index is -1.17. The highest BCUT2D eigenvalue weighted by atomic mass is 19.1. The first-order chi connectivity index (χ1) is 13.5. The fourth-order valence-electron chi connectivity index (χ4n) is 4.11. The number of carbonyl (C=O) groups excluding carboxylic acids is 2. The molecule has 0 radical (unpaired) electrons. The van der Waals surface area contributed by atoms with E-state index in [4.69, 9.17) is 0 Å². The molecule has 148 valence electrons. The van der Waals surface area contributed by atoms with Crippen molar-refractivity contribution in [1.82, 2.24) is 5.32 Å². The topological polar surface area (TPSA) is 49.4 Å². The van der Waals surface area contributed by atoms with E-state index in [1.54, 1.807) is 12.1 Å². The van der Waals surface area contributed by atoms with Crippen LogP contribution in [0.4, 0.5) is 10.1 Å². The van der Waals surface area contributed by atoms with Crippen LogP contribution in [0.1, 0.15) is 50.7 Å². The molecular weight excluding hydrogens is 355 g/mol. The van der Waals surface area contributed by atoms with Crippen molar-refractivity contribution in [3.8, 4) is 0 Å². The predicted octanol–water partition coefficient (Wildman–Crippen LogP) is 4.33. The lowest BCUT2D eigenvalue weighted by atomic mass is 9.87. The van der Waals surface area contributed by atoms with E-state index in [-0.39, 0.29) is 11.9 Å². The van der Waals surface area contributed by atoms with E-state index in [0.29, 0.717) is 24.9 Å². The second kappa shape index (κ2) is 8.55. The summed E-state index contributed by atoms with van der Waals surface area (Å²) in [5, 5.41) is 3.10. The molecule has 0 aromatic heterocycles. The van der Waals surface area contributed by atoms with Gasteiger partial charge in [0.1, 0.15) is 5.82 Å². The van der Waals surface area contributed by atoms with Crippen LogP contribution >= 0.6 is 0 Å². The van der Waals surface area contributed by atoms with E-state index >= 15 is 0 Å². The third kappa shape index (κ3) is 3.66. The lowest BCUT2D eigenvalue weighted by Crippen LogP contribution is -2.56. The summed E-state index contributed by atoms with van der Waals surface area (Å²) in [6, 6.07) is 13.5. The summed E-state index contributed by atoms with van der Waals surface area (Å²) in [6.45, 7) is 4.09. The van der Waals surface area contributed by atoms with Crippen molar-refractivity contribution >= 4 is 18.0 Å². The van der Waals surface area contributed by atoms with Gasteiger partial charge in [-0.3, -0.25) is 14.5 Å². The zero-order valence-corrected chi connectivity index (χ0v) is 16.5. The maximum Gasteiger partial charge on any atom is 0.251 e. The highest BCUT2D eigenvalue weighted by Crippen LogP contribution is 2.43. The van der Waals surface area contributed by atoms with Crippen molar-refractivity contribution in [2.45, 2.75) is 57.5 Å². The Kier molecular flexibility index (Phi) is 6.12. The largest absolute Gasteiger partial charge is 0.351 e. The Balaban J connectivity index is 2.05. The van der Waals surface area contributed by atoms with Crippen LogP contribution in [0.5, 0.6) is 0 Å². The highest BCUT2D eigenvalue weighted by molar-refractivity contribution is 5.98. The number of aryl methyl sites for hydroxylation is 1. The fraction of sp³-hybridized carbons (Fsp3) is 0.391. The quantitative estimate of drug-likeness (QED) is 0.691. The van der Waals surface area contributed by atoms with Crippen LogP contribution in [0, 0.1) is 5.82 Å². The molecule has 0 bridgehead atoms. The van der Waals surface area contributed by atoms with Crippen LogP contribution in [-0.4, -0.2) is 18.4 Å². The Morgan fingerprint density at radius 2 is 2.07 bits per heavy atom.